The summed E-state index contributed by atoms with van der Waals surface area (Å²) in [7, 11) is -2.14. The van der Waals surface area contributed by atoms with E-state index in [4.69, 9.17) is 0 Å². The second-order valence-corrected chi connectivity index (χ2v) is 7.47. The fraction of sp³-hybridized carbons (Fsp3) is 0.118. The van der Waals surface area contributed by atoms with Gasteiger partial charge in [-0.25, -0.2) is 13.1 Å². The van der Waals surface area contributed by atoms with Crippen LogP contribution in [0.3, 0.4) is 0 Å². The first-order chi connectivity index (χ1) is 11.0. The first-order valence-electron chi connectivity index (χ1n) is 6.86. The van der Waals surface area contributed by atoms with Crippen molar-refractivity contribution in [2.75, 3.05) is 13.3 Å². The zero-order valence-electron chi connectivity index (χ0n) is 12.8. The number of benzene rings is 2. The van der Waals surface area contributed by atoms with Gasteiger partial charge >= 0.3 is 0 Å². The Morgan fingerprint density at radius 1 is 1.04 bits per heavy atom. The predicted octanol–water partition coefficient (Wildman–Crippen LogP) is 3.21. The van der Waals surface area contributed by atoms with Gasteiger partial charge in [0.05, 0.1) is 4.90 Å². The van der Waals surface area contributed by atoms with Crippen molar-refractivity contribution in [3.63, 3.8) is 0 Å². The first kappa shape index (κ1) is 17.5. The summed E-state index contributed by atoms with van der Waals surface area (Å²) in [6.45, 7) is 0. The minimum absolute atomic E-state index is 0.133. The number of carbonyl (C=O) groups is 1. The molecule has 0 atom stereocenters. The maximum atomic E-state index is 12.1. The van der Waals surface area contributed by atoms with Gasteiger partial charge in [-0.3, -0.25) is 4.79 Å². The molecule has 0 heterocycles. The lowest BCUT2D eigenvalue weighted by Gasteiger charge is -2.03. The predicted molar refractivity (Wildman–Crippen MR) is 94.3 cm³/mol. The van der Waals surface area contributed by atoms with Crippen LogP contribution in [0.25, 0.3) is 6.08 Å². The van der Waals surface area contributed by atoms with E-state index in [1.807, 2.05) is 30.5 Å². The zero-order chi connectivity index (χ0) is 16.9. The number of ketones is 1. The molecule has 0 amide bonds. The van der Waals surface area contributed by atoms with Crippen LogP contribution >= 0.6 is 11.8 Å². The lowest BCUT2D eigenvalue weighted by molar-refractivity contribution is 0.104. The van der Waals surface area contributed by atoms with Crippen LogP contribution < -0.4 is 4.72 Å². The minimum Gasteiger partial charge on any atom is -0.289 e. The van der Waals surface area contributed by atoms with Crippen LogP contribution in [-0.2, 0) is 10.0 Å². The largest absolute Gasteiger partial charge is 0.289 e. The molecule has 0 radical (unpaired) electrons. The maximum Gasteiger partial charge on any atom is 0.240 e. The SMILES string of the molecule is CNS(=O)(=O)c1ccc(C(=O)/C=C/c2ccc(SC)cc2)cc1. The zero-order valence-corrected chi connectivity index (χ0v) is 14.4. The van der Waals surface area contributed by atoms with Gasteiger partial charge in [-0.1, -0.05) is 18.2 Å². The molecule has 2 aromatic rings. The Morgan fingerprint density at radius 3 is 2.17 bits per heavy atom. The van der Waals surface area contributed by atoms with Crippen molar-refractivity contribution in [1.29, 1.82) is 0 Å². The van der Waals surface area contributed by atoms with Gasteiger partial charge in [0, 0.05) is 10.5 Å². The average molecular weight is 347 g/mol. The molecule has 0 bridgehead atoms. The normalized spacial score (nSPS) is 11.7. The van der Waals surface area contributed by atoms with Crippen LogP contribution in [0, 0.1) is 0 Å². The van der Waals surface area contributed by atoms with Crippen molar-refractivity contribution in [2.24, 2.45) is 0 Å². The third-order valence-electron chi connectivity index (χ3n) is 3.26. The van der Waals surface area contributed by atoms with Gasteiger partial charge in [-0.15, -0.1) is 11.8 Å². The van der Waals surface area contributed by atoms with E-state index in [1.54, 1.807) is 17.8 Å². The Labute approximate surface area is 140 Å². The van der Waals surface area contributed by atoms with Crippen LogP contribution in [0.2, 0.25) is 0 Å². The van der Waals surface area contributed by atoms with E-state index < -0.39 is 10.0 Å². The summed E-state index contributed by atoms with van der Waals surface area (Å²) < 4.78 is 25.5. The molecule has 0 aromatic heterocycles. The van der Waals surface area contributed by atoms with E-state index in [1.165, 1.54) is 37.4 Å². The van der Waals surface area contributed by atoms with Crippen molar-refractivity contribution in [3.8, 4) is 0 Å². The molecule has 23 heavy (non-hydrogen) atoms. The average Bonchev–Trinajstić information content (AvgIpc) is 2.60. The number of allylic oxidation sites excluding steroid dienone is 1. The minimum atomic E-state index is -3.48. The Bertz CT molecular complexity index is 808. The lowest BCUT2D eigenvalue weighted by Crippen LogP contribution is -2.18. The van der Waals surface area contributed by atoms with Gasteiger partial charge < -0.3 is 0 Å². The highest BCUT2D eigenvalue weighted by atomic mass is 32.2. The Hall–Kier alpha value is -1.89. The van der Waals surface area contributed by atoms with E-state index >= 15 is 0 Å². The summed E-state index contributed by atoms with van der Waals surface area (Å²) in [6.07, 6.45) is 5.23. The Kier molecular flexibility index (Phi) is 5.76. The topological polar surface area (TPSA) is 63.2 Å². The van der Waals surface area contributed by atoms with E-state index in [-0.39, 0.29) is 10.7 Å². The van der Waals surface area contributed by atoms with Crippen molar-refractivity contribution in [2.45, 2.75) is 9.79 Å². The smallest absolute Gasteiger partial charge is 0.240 e. The van der Waals surface area contributed by atoms with E-state index in [2.05, 4.69) is 4.72 Å². The summed E-state index contributed by atoms with van der Waals surface area (Å²) in [5.74, 6) is -0.174. The maximum absolute atomic E-state index is 12.1. The molecule has 4 nitrogen and oxygen atoms in total. The number of hydrogen-bond acceptors (Lipinski definition) is 4. The fourth-order valence-electron chi connectivity index (χ4n) is 1.90. The van der Waals surface area contributed by atoms with Gasteiger partial charge in [-0.2, -0.15) is 0 Å². The van der Waals surface area contributed by atoms with Crippen molar-refractivity contribution < 1.29 is 13.2 Å². The molecule has 0 spiro atoms. The number of nitrogens with one attached hydrogen (secondary N) is 1. The highest BCUT2D eigenvalue weighted by Gasteiger charge is 2.11. The first-order valence-corrected chi connectivity index (χ1v) is 9.57. The molecule has 0 aliphatic carbocycles. The molecule has 0 saturated heterocycles. The molecule has 1 N–H and O–H groups in total. The number of carbonyl (C=O) groups excluding carboxylic acids is 1. The van der Waals surface area contributed by atoms with Crippen molar-refractivity contribution in [1.82, 2.24) is 4.72 Å². The van der Waals surface area contributed by atoms with Crippen LogP contribution in [0.5, 0.6) is 0 Å². The quantitative estimate of drug-likeness (QED) is 0.495. The van der Waals surface area contributed by atoms with E-state index in [0.29, 0.717) is 5.56 Å². The van der Waals surface area contributed by atoms with Gasteiger partial charge in [-0.05, 0) is 61.3 Å². The number of thioether (sulfide) groups is 1. The highest BCUT2D eigenvalue weighted by molar-refractivity contribution is 7.98. The lowest BCUT2D eigenvalue weighted by atomic mass is 10.1. The second-order valence-electron chi connectivity index (χ2n) is 4.70. The van der Waals surface area contributed by atoms with Crippen LogP contribution in [0.1, 0.15) is 15.9 Å². The Balaban J connectivity index is 2.12. The summed E-state index contributed by atoms with van der Waals surface area (Å²) in [6, 6.07) is 13.7. The van der Waals surface area contributed by atoms with Gasteiger partial charge in [0.2, 0.25) is 10.0 Å². The monoisotopic (exact) mass is 347 g/mol. The van der Waals surface area contributed by atoms with Gasteiger partial charge in [0.15, 0.2) is 5.78 Å². The number of rotatable bonds is 6. The van der Waals surface area contributed by atoms with Crippen LogP contribution in [0.4, 0.5) is 0 Å². The number of hydrogen-bond donors (Lipinski definition) is 1. The Morgan fingerprint density at radius 2 is 1.65 bits per heavy atom. The van der Waals surface area contributed by atoms with Crippen LogP contribution in [0.15, 0.2) is 64.4 Å². The molecule has 6 heteroatoms. The molecule has 0 fully saturated rings. The molecule has 0 aliphatic rings. The molecule has 0 unspecified atom stereocenters. The summed E-state index contributed by atoms with van der Waals surface area (Å²) in [5, 5.41) is 0. The summed E-state index contributed by atoms with van der Waals surface area (Å²) in [5.41, 5.74) is 1.38. The van der Waals surface area contributed by atoms with Gasteiger partial charge in [0.1, 0.15) is 0 Å². The molecular weight excluding hydrogens is 330 g/mol. The van der Waals surface area contributed by atoms with E-state index in [9.17, 15) is 13.2 Å². The summed E-state index contributed by atoms with van der Waals surface area (Å²) >= 11 is 1.66. The third kappa shape index (κ3) is 4.54. The van der Waals surface area contributed by atoms with Crippen molar-refractivity contribution in [3.05, 3.63) is 65.7 Å². The van der Waals surface area contributed by atoms with Crippen LogP contribution in [-0.4, -0.2) is 27.5 Å². The molecule has 0 saturated carbocycles. The molecule has 2 rings (SSSR count). The standard InChI is InChI=1S/C17H17NO3S2/c1-18-23(20,21)16-10-6-14(7-11-16)17(19)12-5-13-3-8-15(22-2)9-4-13/h3-12,18H,1-2H3/b12-5+. The molecule has 120 valence electrons. The second kappa shape index (κ2) is 7.59. The third-order valence-corrected chi connectivity index (χ3v) is 5.43. The fourth-order valence-corrected chi connectivity index (χ4v) is 3.04. The molecular formula is C17H17NO3S2. The summed E-state index contributed by atoms with van der Waals surface area (Å²) in [4.78, 5) is 13.4. The molecule has 2 aromatic carbocycles. The number of sulfonamides is 1. The van der Waals surface area contributed by atoms with E-state index in [0.717, 1.165) is 10.5 Å². The highest BCUT2D eigenvalue weighted by Crippen LogP contribution is 2.16. The van der Waals surface area contributed by atoms with Gasteiger partial charge in [0.25, 0.3) is 0 Å². The molecule has 0 aliphatic heterocycles. The van der Waals surface area contributed by atoms with Crippen molar-refractivity contribution >= 4 is 33.6 Å².